The number of hydrogen-bond acceptors (Lipinski definition) is 3. The largest absolute Gasteiger partial charge is 0.468 e. The zero-order chi connectivity index (χ0) is 9.68. The van der Waals surface area contributed by atoms with E-state index >= 15 is 0 Å². The van der Waals surface area contributed by atoms with Crippen molar-refractivity contribution in [1.29, 1.82) is 0 Å². The topological polar surface area (TPSA) is 68.1 Å². The fourth-order valence-corrected chi connectivity index (χ4v) is 1.11. The lowest BCUT2D eigenvalue weighted by atomic mass is 10.1. The Balaban J connectivity index is 2.30. The predicted octanol–water partition coefficient (Wildman–Crippen LogP) is 0.448. The lowest BCUT2D eigenvalue weighted by molar-refractivity contribution is -0.142. The van der Waals surface area contributed by atoms with Crippen LogP contribution in [0.15, 0.2) is 18.5 Å². The number of hydrogen-bond donors (Lipinski definition) is 2. The SMILES string of the molecule is COC(=O)C(N)CCc1cc[nH]c1. The molecule has 1 heterocycles. The molecule has 0 saturated heterocycles. The number of aromatic amines is 1. The Morgan fingerprint density at radius 1 is 1.77 bits per heavy atom. The zero-order valence-corrected chi connectivity index (χ0v) is 7.62. The van der Waals surface area contributed by atoms with Crippen LogP contribution >= 0.6 is 0 Å². The van der Waals surface area contributed by atoms with E-state index in [1.807, 2.05) is 18.5 Å². The summed E-state index contributed by atoms with van der Waals surface area (Å²) in [4.78, 5) is 13.9. The maximum atomic E-state index is 10.9. The van der Waals surface area contributed by atoms with Gasteiger partial charge in [-0.15, -0.1) is 0 Å². The Morgan fingerprint density at radius 2 is 2.54 bits per heavy atom. The molecule has 0 aliphatic carbocycles. The highest BCUT2D eigenvalue weighted by Gasteiger charge is 2.12. The van der Waals surface area contributed by atoms with E-state index in [-0.39, 0.29) is 5.97 Å². The van der Waals surface area contributed by atoms with Crippen molar-refractivity contribution in [1.82, 2.24) is 4.98 Å². The summed E-state index contributed by atoms with van der Waals surface area (Å²) in [6.07, 6.45) is 5.15. The lowest BCUT2D eigenvalue weighted by Crippen LogP contribution is -2.31. The van der Waals surface area contributed by atoms with Crippen molar-refractivity contribution in [2.75, 3.05) is 7.11 Å². The van der Waals surface area contributed by atoms with E-state index in [0.717, 1.165) is 12.0 Å². The molecule has 0 saturated carbocycles. The molecule has 4 nitrogen and oxygen atoms in total. The Labute approximate surface area is 77.1 Å². The Bertz CT molecular complexity index is 257. The molecule has 1 rings (SSSR count). The van der Waals surface area contributed by atoms with Crippen LogP contribution in [-0.2, 0) is 16.0 Å². The number of nitrogens with two attached hydrogens (primary N) is 1. The molecule has 0 spiro atoms. The maximum Gasteiger partial charge on any atom is 0.322 e. The standard InChI is InChI=1S/C9H14N2O2/c1-13-9(12)8(10)3-2-7-4-5-11-6-7/h4-6,8,11H,2-3,10H2,1H3. The van der Waals surface area contributed by atoms with Crippen LogP contribution in [0.2, 0.25) is 0 Å². The van der Waals surface area contributed by atoms with Gasteiger partial charge >= 0.3 is 5.97 Å². The Morgan fingerprint density at radius 3 is 3.08 bits per heavy atom. The summed E-state index contributed by atoms with van der Waals surface area (Å²) in [5.74, 6) is -0.351. The third-order valence-corrected chi connectivity index (χ3v) is 1.91. The van der Waals surface area contributed by atoms with Gasteiger partial charge in [-0.05, 0) is 24.5 Å². The van der Waals surface area contributed by atoms with Crippen molar-refractivity contribution in [3.05, 3.63) is 24.0 Å². The molecule has 1 atom stereocenters. The number of ether oxygens (including phenoxy) is 1. The van der Waals surface area contributed by atoms with Crippen molar-refractivity contribution in [2.24, 2.45) is 5.73 Å². The van der Waals surface area contributed by atoms with Gasteiger partial charge in [0.2, 0.25) is 0 Å². The number of H-pyrrole nitrogens is 1. The van der Waals surface area contributed by atoms with Gasteiger partial charge in [-0.25, -0.2) is 0 Å². The number of rotatable bonds is 4. The molecule has 4 heteroatoms. The van der Waals surface area contributed by atoms with Crippen LogP contribution < -0.4 is 5.73 Å². The molecule has 0 fully saturated rings. The first-order chi connectivity index (χ1) is 6.24. The highest BCUT2D eigenvalue weighted by Crippen LogP contribution is 2.03. The number of carbonyl (C=O) groups is 1. The quantitative estimate of drug-likeness (QED) is 0.664. The van der Waals surface area contributed by atoms with Crippen molar-refractivity contribution < 1.29 is 9.53 Å². The molecule has 1 unspecified atom stereocenters. The van der Waals surface area contributed by atoms with Crippen molar-refractivity contribution in [3.63, 3.8) is 0 Å². The third kappa shape index (κ3) is 2.91. The highest BCUT2D eigenvalue weighted by atomic mass is 16.5. The van der Waals surface area contributed by atoms with E-state index in [0.29, 0.717) is 6.42 Å². The average molecular weight is 182 g/mol. The highest BCUT2D eigenvalue weighted by molar-refractivity contribution is 5.75. The van der Waals surface area contributed by atoms with Gasteiger partial charge in [0.05, 0.1) is 7.11 Å². The smallest absolute Gasteiger partial charge is 0.322 e. The predicted molar refractivity (Wildman–Crippen MR) is 49.1 cm³/mol. The molecule has 0 aliphatic rings. The van der Waals surface area contributed by atoms with Gasteiger partial charge in [-0.2, -0.15) is 0 Å². The van der Waals surface area contributed by atoms with Gasteiger partial charge in [0.15, 0.2) is 0 Å². The van der Waals surface area contributed by atoms with E-state index < -0.39 is 6.04 Å². The first kappa shape index (κ1) is 9.80. The number of aryl methyl sites for hydroxylation is 1. The summed E-state index contributed by atoms with van der Waals surface area (Å²) in [5.41, 5.74) is 6.71. The first-order valence-corrected chi connectivity index (χ1v) is 4.19. The van der Waals surface area contributed by atoms with E-state index in [1.165, 1.54) is 7.11 Å². The van der Waals surface area contributed by atoms with Gasteiger partial charge < -0.3 is 15.5 Å². The summed E-state index contributed by atoms with van der Waals surface area (Å²) in [6, 6.07) is 1.45. The lowest BCUT2D eigenvalue weighted by Gasteiger charge is -2.07. The Kier molecular flexibility index (Phi) is 3.52. The van der Waals surface area contributed by atoms with E-state index in [9.17, 15) is 4.79 Å². The number of esters is 1. The average Bonchev–Trinajstić information content (AvgIpc) is 2.65. The normalized spacial score (nSPS) is 12.5. The fraction of sp³-hybridized carbons (Fsp3) is 0.444. The number of nitrogens with one attached hydrogen (secondary N) is 1. The molecule has 1 aromatic rings. The minimum absolute atomic E-state index is 0.351. The minimum atomic E-state index is -0.514. The molecular formula is C9H14N2O2. The van der Waals surface area contributed by atoms with Crippen LogP contribution in [0, 0.1) is 0 Å². The summed E-state index contributed by atoms with van der Waals surface area (Å²) in [6.45, 7) is 0. The van der Waals surface area contributed by atoms with Gasteiger partial charge in [-0.3, -0.25) is 4.79 Å². The molecule has 0 radical (unpaired) electrons. The molecule has 0 aliphatic heterocycles. The third-order valence-electron chi connectivity index (χ3n) is 1.91. The molecule has 72 valence electrons. The number of methoxy groups -OCH3 is 1. The first-order valence-electron chi connectivity index (χ1n) is 4.19. The van der Waals surface area contributed by atoms with Gasteiger partial charge in [-0.1, -0.05) is 0 Å². The van der Waals surface area contributed by atoms with Crippen LogP contribution in [-0.4, -0.2) is 24.1 Å². The molecule has 0 amide bonds. The van der Waals surface area contributed by atoms with Crippen LogP contribution in [0.4, 0.5) is 0 Å². The van der Waals surface area contributed by atoms with Crippen LogP contribution in [0.5, 0.6) is 0 Å². The molecule has 3 N–H and O–H groups in total. The van der Waals surface area contributed by atoms with Crippen LogP contribution in [0.1, 0.15) is 12.0 Å². The summed E-state index contributed by atoms with van der Waals surface area (Å²) >= 11 is 0. The molecular weight excluding hydrogens is 168 g/mol. The minimum Gasteiger partial charge on any atom is -0.468 e. The van der Waals surface area contributed by atoms with Gasteiger partial charge in [0.25, 0.3) is 0 Å². The van der Waals surface area contributed by atoms with Gasteiger partial charge in [0.1, 0.15) is 6.04 Å². The van der Waals surface area contributed by atoms with Crippen LogP contribution in [0.25, 0.3) is 0 Å². The summed E-state index contributed by atoms with van der Waals surface area (Å²) in [7, 11) is 1.35. The Hall–Kier alpha value is -1.29. The van der Waals surface area contributed by atoms with E-state index in [4.69, 9.17) is 5.73 Å². The fourth-order valence-electron chi connectivity index (χ4n) is 1.11. The van der Waals surface area contributed by atoms with Crippen molar-refractivity contribution in [3.8, 4) is 0 Å². The second-order valence-electron chi connectivity index (χ2n) is 2.89. The second-order valence-corrected chi connectivity index (χ2v) is 2.89. The monoisotopic (exact) mass is 182 g/mol. The van der Waals surface area contributed by atoms with Crippen molar-refractivity contribution in [2.45, 2.75) is 18.9 Å². The molecule has 0 aromatic carbocycles. The van der Waals surface area contributed by atoms with Crippen molar-refractivity contribution >= 4 is 5.97 Å². The summed E-state index contributed by atoms with van der Waals surface area (Å²) < 4.78 is 4.51. The second kappa shape index (κ2) is 4.67. The summed E-state index contributed by atoms with van der Waals surface area (Å²) in [5, 5.41) is 0. The van der Waals surface area contributed by atoms with E-state index in [2.05, 4.69) is 9.72 Å². The van der Waals surface area contributed by atoms with Crippen LogP contribution in [0.3, 0.4) is 0 Å². The van der Waals surface area contributed by atoms with E-state index in [1.54, 1.807) is 0 Å². The van der Waals surface area contributed by atoms with Gasteiger partial charge in [0, 0.05) is 12.4 Å². The maximum absolute atomic E-state index is 10.9. The zero-order valence-electron chi connectivity index (χ0n) is 7.62. The molecule has 0 bridgehead atoms. The molecule has 13 heavy (non-hydrogen) atoms. The number of carbonyl (C=O) groups excluding carboxylic acids is 1. The molecule has 1 aromatic heterocycles. The number of aromatic nitrogens is 1.